The maximum Gasteiger partial charge on any atom is 0.254 e. The van der Waals surface area contributed by atoms with Crippen molar-refractivity contribution >= 4 is 22.6 Å². The summed E-state index contributed by atoms with van der Waals surface area (Å²) in [6.45, 7) is 0.521. The molecule has 0 radical (unpaired) electrons. The summed E-state index contributed by atoms with van der Waals surface area (Å²) in [6, 6.07) is 27.1. The molecule has 1 aromatic heterocycles. The Morgan fingerprint density at radius 2 is 1.66 bits per heavy atom. The summed E-state index contributed by atoms with van der Waals surface area (Å²) in [6.07, 6.45) is 3.32. The number of para-hydroxylation sites is 1. The van der Waals surface area contributed by atoms with Gasteiger partial charge in [0.05, 0.1) is 11.6 Å². The Hall–Kier alpha value is -3.83. The molecular formula is C30H28N2O3. The number of hydrogen-bond acceptors (Lipinski definition) is 4. The Morgan fingerprint density at radius 3 is 2.49 bits per heavy atom. The summed E-state index contributed by atoms with van der Waals surface area (Å²) in [4.78, 5) is 33.3. The van der Waals surface area contributed by atoms with E-state index in [0.717, 1.165) is 28.5 Å². The zero-order valence-electron chi connectivity index (χ0n) is 19.8. The lowest BCUT2D eigenvalue weighted by Gasteiger charge is -2.25. The number of carbonyl (C=O) groups excluding carboxylic acids is 2. The number of methoxy groups -OCH3 is 1. The van der Waals surface area contributed by atoms with Gasteiger partial charge in [-0.25, -0.2) is 0 Å². The second kappa shape index (κ2) is 10.2. The van der Waals surface area contributed by atoms with Crippen molar-refractivity contribution in [2.75, 3.05) is 13.7 Å². The number of nitrogens with zero attached hydrogens (tertiary/aromatic N) is 2. The number of Topliss-reactive ketones (excluding diaryl/α,β-unsaturated/α-hetero) is 1. The van der Waals surface area contributed by atoms with E-state index < -0.39 is 0 Å². The van der Waals surface area contributed by atoms with Gasteiger partial charge in [0.15, 0.2) is 5.78 Å². The molecule has 35 heavy (non-hydrogen) atoms. The van der Waals surface area contributed by atoms with Crippen LogP contribution in [0.25, 0.3) is 22.0 Å². The van der Waals surface area contributed by atoms with Gasteiger partial charge in [0.2, 0.25) is 0 Å². The Bertz CT molecular complexity index is 1350. The Balaban J connectivity index is 1.37. The lowest BCUT2D eigenvalue weighted by Crippen LogP contribution is -2.36. The normalized spacial score (nSPS) is 17.6. The van der Waals surface area contributed by atoms with Gasteiger partial charge in [-0.3, -0.25) is 14.6 Å². The fraction of sp³-hybridized carbons (Fsp3) is 0.233. The third-order valence-corrected chi connectivity index (χ3v) is 6.85. The first-order valence-corrected chi connectivity index (χ1v) is 12.0. The lowest BCUT2D eigenvalue weighted by atomic mass is 9.97. The number of carbonyl (C=O) groups is 2. The van der Waals surface area contributed by atoms with Crippen LogP contribution in [-0.4, -0.2) is 47.4 Å². The Morgan fingerprint density at radius 1 is 0.914 bits per heavy atom. The summed E-state index contributed by atoms with van der Waals surface area (Å²) >= 11 is 0. The smallest absolute Gasteiger partial charge is 0.254 e. The predicted octanol–water partition coefficient (Wildman–Crippen LogP) is 5.79. The average Bonchev–Trinajstić information content (AvgIpc) is 3.35. The molecular weight excluding hydrogens is 436 g/mol. The first-order valence-electron chi connectivity index (χ1n) is 12.0. The molecule has 1 saturated heterocycles. The monoisotopic (exact) mass is 464 g/mol. The molecule has 5 heteroatoms. The highest BCUT2D eigenvalue weighted by molar-refractivity contribution is 6.06. The number of ketones is 1. The van der Waals surface area contributed by atoms with Crippen molar-refractivity contribution in [2.24, 2.45) is 0 Å². The van der Waals surface area contributed by atoms with Crippen LogP contribution in [0, 0.1) is 0 Å². The molecule has 3 aromatic carbocycles. The van der Waals surface area contributed by atoms with Gasteiger partial charge < -0.3 is 9.64 Å². The molecule has 2 atom stereocenters. The van der Waals surface area contributed by atoms with E-state index in [4.69, 9.17) is 4.74 Å². The van der Waals surface area contributed by atoms with E-state index in [1.807, 2.05) is 89.8 Å². The van der Waals surface area contributed by atoms with Crippen molar-refractivity contribution in [3.05, 3.63) is 102 Å². The third kappa shape index (κ3) is 4.73. The van der Waals surface area contributed by atoms with Crippen molar-refractivity contribution in [1.82, 2.24) is 9.88 Å². The number of amides is 1. The highest BCUT2D eigenvalue weighted by Gasteiger charge is 2.36. The van der Waals surface area contributed by atoms with Crippen LogP contribution in [0.1, 0.15) is 40.0 Å². The highest BCUT2D eigenvalue weighted by Crippen LogP contribution is 2.30. The van der Waals surface area contributed by atoms with E-state index in [0.29, 0.717) is 30.5 Å². The highest BCUT2D eigenvalue weighted by atomic mass is 16.5. The molecule has 0 bridgehead atoms. The molecule has 1 aliphatic heterocycles. The van der Waals surface area contributed by atoms with Crippen molar-refractivity contribution in [3.8, 4) is 11.1 Å². The lowest BCUT2D eigenvalue weighted by molar-refractivity contribution is 0.0680. The van der Waals surface area contributed by atoms with Gasteiger partial charge in [-0.05, 0) is 42.2 Å². The molecule has 0 aliphatic carbocycles. The summed E-state index contributed by atoms with van der Waals surface area (Å²) in [5, 5.41) is 0.952. The van der Waals surface area contributed by atoms with E-state index >= 15 is 0 Å². The number of aromatic nitrogens is 1. The van der Waals surface area contributed by atoms with E-state index in [9.17, 15) is 9.59 Å². The fourth-order valence-corrected chi connectivity index (χ4v) is 5.02. The second-order valence-corrected chi connectivity index (χ2v) is 8.96. The first-order chi connectivity index (χ1) is 17.2. The summed E-state index contributed by atoms with van der Waals surface area (Å²) in [7, 11) is 1.68. The van der Waals surface area contributed by atoms with Crippen molar-refractivity contribution in [3.63, 3.8) is 0 Å². The SMILES string of the molecule is CO[C@H]1C[C@@H](CCC(=O)c2cccc3cccnc23)N(C(=O)c2ccccc2-c2ccccc2)C1. The molecule has 5 nitrogen and oxygen atoms in total. The maximum atomic E-state index is 13.8. The van der Waals surface area contributed by atoms with Crippen LogP contribution in [0.2, 0.25) is 0 Å². The molecule has 0 unspecified atom stereocenters. The van der Waals surface area contributed by atoms with Crippen LogP contribution in [0.3, 0.4) is 0 Å². The van der Waals surface area contributed by atoms with E-state index in [1.54, 1.807) is 13.3 Å². The summed E-state index contributed by atoms with van der Waals surface area (Å²) in [5.74, 6) is 0.0283. The minimum absolute atomic E-state index is 0.0201. The van der Waals surface area contributed by atoms with Crippen LogP contribution in [-0.2, 0) is 4.74 Å². The van der Waals surface area contributed by atoms with Crippen LogP contribution in [0.15, 0.2) is 91.1 Å². The molecule has 2 heterocycles. The van der Waals surface area contributed by atoms with E-state index in [2.05, 4.69) is 4.98 Å². The topological polar surface area (TPSA) is 59.5 Å². The molecule has 4 aromatic rings. The molecule has 1 fully saturated rings. The maximum absolute atomic E-state index is 13.8. The van der Waals surface area contributed by atoms with Crippen molar-refractivity contribution in [2.45, 2.75) is 31.4 Å². The quantitative estimate of drug-likeness (QED) is 0.325. The van der Waals surface area contributed by atoms with Gasteiger partial charge in [-0.2, -0.15) is 0 Å². The number of ether oxygens (including phenoxy) is 1. The summed E-state index contributed by atoms with van der Waals surface area (Å²) in [5.41, 5.74) is 3.96. The zero-order valence-corrected chi connectivity index (χ0v) is 19.8. The van der Waals surface area contributed by atoms with E-state index in [1.165, 1.54) is 0 Å². The molecule has 176 valence electrons. The molecule has 0 saturated carbocycles. The zero-order chi connectivity index (χ0) is 24.2. The fourth-order valence-electron chi connectivity index (χ4n) is 5.02. The average molecular weight is 465 g/mol. The standard InChI is InChI=1S/C30H28N2O3/c1-35-24-19-23(16-17-28(33)27-15-7-11-22-12-8-18-31-29(22)27)32(20-24)30(34)26-14-6-5-13-25(26)21-9-3-2-4-10-21/h2-15,18,23-24H,16-17,19-20H2,1H3/t23-,24+/m1/s1. The third-order valence-electron chi connectivity index (χ3n) is 6.85. The molecule has 0 N–H and O–H groups in total. The van der Waals surface area contributed by atoms with Crippen LogP contribution < -0.4 is 0 Å². The number of likely N-dealkylation sites (tertiary alicyclic amines) is 1. The summed E-state index contributed by atoms with van der Waals surface area (Å²) < 4.78 is 5.63. The van der Waals surface area contributed by atoms with Gasteiger partial charge in [0.25, 0.3) is 5.91 Å². The molecule has 1 amide bonds. The minimum Gasteiger partial charge on any atom is -0.380 e. The first kappa shape index (κ1) is 22.9. The van der Waals surface area contributed by atoms with Crippen molar-refractivity contribution in [1.29, 1.82) is 0 Å². The number of rotatable bonds is 7. The van der Waals surface area contributed by atoms with Gasteiger partial charge in [-0.15, -0.1) is 0 Å². The second-order valence-electron chi connectivity index (χ2n) is 8.96. The van der Waals surface area contributed by atoms with E-state index in [-0.39, 0.29) is 23.8 Å². The number of hydrogen-bond donors (Lipinski definition) is 0. The van der Waals surface area contributed by atoms with Gasteiger partial charge in [0, 0.05) is 48.8 Å². The Kier molecular flexibility index (Phi) is 6.68. The number of pyridine rings is 1. The largest absolute Gasteiger partial charge is 0.380 e. The van der Waals surface area contributed by atoms with Crippen molar-refractivity contribution < 1.29 is 14.3 Å². The van der Waals surface area contributed by atoms with Crippen LogP contribution in [0.5, 0.6) is 0 Å². The van der Waals surface area contributed by atoms with Gasteiger partial charge >= 0.3 is 0 Å². The van der Waals surface area contributed by atoms with Crippen LogP contribution >= 0.6 is 0 Å². The number of benzene rings is 3. The molecule has 5 rings (SSSR count). The van der Waals surface area contributed by atoms with Gasteiger partial charge in [0.1, 0.15) is 0 Å². The molecule has 1 aliphatic rings. The predicted molar refractivity (Wildman–Crippen MR) is 137 cm³/mol. The molecule has 0 spiro atoms. The Labute approximate surface area is 205 Å². The van der Waals surface area contributed by atoms with Gasteiger partial charge in [-0.1, -0.05) is 66.7 Å². The number of fused-ring (bicyclic) bond motifs is 1. The van der Waals surface area contributed by atoms with Crippen LogP contribution in [0.4, 0.5) is 0 Å². The minimum atomic E-state index is -0.0665.